The van der Waals surface area contributed by atoms with Crippen LogP contribution in [0.2, 0.25) is 0 Å². The number of carbonyl (C=O) groups excluding carboxylic acids is 1. The maximum absolute atomic E-state index is 11.7. The maximum Gasteiger partial charge on any atom is 0.313 e. The minimum atomic E-state index is -0.865. The molecule has 0 bridgehead atoms. The highest BCUT2D eigenvalue weighted by Crippen LogP contribution is 2.22. The summed E-state index contributed by atoms with van der Waals surface area (Å²) in [6, 6.07) is 0.304. The molecule has 86 valence electrons. The number of carboxylic acids is 1. The molecule has 0 saturated carbocycles. The molecule has 1 N–H and O–H groups in total. The zero-order valence-corrected chi connectivity index (χ0v) is 9.92. The molecule has 0 aromatic rings. The summed E-state index contributed by atoms with van der Waals surface area (Å²) in [4.78, 5) is 23.8. The van der Waals surface area contributed by atoms with Crippen LogP contribution in [0.5, 0.6) is 0 Å². The van der Waals surface area contributed by atoms with Gasteiger partial charge in [0.15, 0.2) is 0 Å². The fourth-order valence-electron chi connectivity index (χ4n) is 1.96. The Bertz CT molecular complexity index is 257. The van der Waals surface area contributed by atoms with E-state index < -0.39 is 5.97 Å². The molecule has 0 aliphatic carbocycles. The minimum absolute atomic E-state index is 0.00349. The average molecular weight is 231 g/mol. The third-order valence-electron chi connectivity index (χ3n) is 2.56. The molecule has 1 heterocycles. The molecule has 1 amide bonds. The summed E-state index contributed by atoms with van der Waals surface area (Å²) in [5, 5.41) is 8.44. The largest absolute Gasteiger partial charge is 0.481 e. The van der Waals surface area contributed by atoms with Crippen LogP contribution in [0.4, 0.5) is 0 Å². The third kappa shape index (κ3) is 3.74. The SMILES string of the molecule is CC1CC(C)N(C(=O)CSCC(=O)O)C1. The van der Waals surface area contributed by atoms with Gasteiger partial charge in [0, 0.05) is 12.6 Å². The molecule has 1 aliphatic heterocycles. The Labute approximate surface area is 94.0 Å². The summed E-state index contributed by atoms with van der Waals surface area (Å²) in [6.45, 7) is 4.99. The van der Waals surface area contributed by atoms with Gasteiger partial charge in [0.2, 0.25) is 5.91 Å². The van der Waals surface area contributed by atoms with Crippen LogP contribution in [0.25, 0.3) is 0 Å². The summed E-state index contributed by atoms with van der Waals surface area (Å²) in [5.74, 6) is 0.0505. The van der Waals surface area contributed by atoms with Crippen molar-refractivity contribution >= 4 is 23.6 Å². The smallest absolute Gasteiger partial charge is 0.313 e. The number of carboxylic acid groups (broad SMARTS) is 1. The van der Waals surface area contributed by atoms with Crippen molar-refractivity contribution in [2.24, 2.45) is 5.92 Å². The molecule has 5 heteroatoms. The molecular weight excluding hydrogens is 214 g/mol. The molecule has 15 heavy (non-hydrogen) atoms. The molecule has 1 saturated heterocycles. The van der Waals surface area contributed by atoms with E-state index in [9.17, 15) is 9.59 Å². The van der Waals surface area contributed by atoms with Crippen molar-refractivity contribution in [3.05, 3.63) is 0 Å². The monoisotopic (exact) mass is 231 g/mol. The Morgan fingerprint density at radius 1 is 1.40 bits per heavy atom. The number of aliphatic carboxylic acids is 1. The van der Waals surface area contributed by atoms with Crippen LogP contribution in [0.15, 0.2) is 0 Å². The molecule has 0 aromatic carbocycles. The van der Waals surface area contributed by atoms with Crippen molar-refractivity contribution in [2.45, 2.75) is 26.3 Å². The lowest BCUT2D eigenvalue weighted by molar-refractivity contribution is -0.133. The average Bonchev–Trinajstić information content (AvgIpc) is 2.44. The minimum Gasteiger partial charge on any atom is -0.481 e. The summed E-state index contributed by atoms with van der Waals surface area (Å²) in [5.41, 5.74) is 0. The maximum atomic E-state index is 11.7. The topological polar surface area (TPSA) is 57.6 Å². The van der Waals surface area contributed by atoms with Crippen molar-refractivity contribution in [2.75, 3.05) is 18.1 Å². The summed E-state index contributed by atoms with van der Waals surface area (Å²) in [6.07, 6.45) is 1.05. The molecule has 0 spiro atoms. The molecule has 1 fully saturated rings. The first-order chi connectivity index (χ1) is 7.00. The number of amides is 1. The lowest BCUT2D eigenvalue weighted by Gasteiger charge is -2.21. The molecule has 1 rings (SSSR count). The van der Waals surface area contributed by atoms with Gasteiger partial charge in [-0.05, 0) is 19.3 Å². The predicted octanol–water partition coefficient (Wildman–Crippen LogP) is 1.06. The van der Waals surface area contributed by atoms with Crippen LogP contribution in [0.3, 0.4) is 0 Å². The van der Waals surface area contributed by atoms with E-state index in [4.69, 9.17) is 5.11 Å². The lowest BCUT2D eigenvalue weighted by Crippen LogP contribution is -2.35. The first-order valence-corrected chi connectivity index (χ1v) is 6.25. The van der Waals surface area contributed by atoms with E-state index in [1.807, 2.05) is 11.8 Å². The van der Waals surface area contributed by atoms with Crippen molar-refractivity contribution in [1.82, 2.24) is 4.90 Å². The molecule has 4 nitrogen and oxygen atoms in total. The van der Waals surface area contributed by atoms with E-state index in [1.165, 1.54) is 11.8 Å². The van der Waals surface area contributed by atoms with Gasteiger partial charge in [0.1, 0.15) is 0 Å². The lowest BCUT2D eigenvalue weighted by atomic mass is 10.1. The summed E-state index contributed by atoms with van der Waals surface area (Å²) in [7, 11) is 0. The van der Waals surface area contributed by atoms with Gasteiger partial charge in [0.25, 0.3) is 0 Å². The van der Waals surface area contributed by atoms with E-state index in [0.29, 0.717) is 12.0 Å². The summed E-state index contributed by atoms with van der Waals surface area (Å²) < 4.78 is 0. The molecule has 1 aliphatic rings. The molecule has 2 atom stereocenters. The van der Waals surface area contributed by atoms with E-state index in [0.717, 1.165) is 13.0 Å². The molecular formula is C10H17NO3S. The number of hydrogen-bond donors (Lipinski definition) is 1. The van der Waals surface area contributed by atoms with Gasteiger partial charge < -0.3 is 10.0 Å². The van der Waals surface area contributed by atoms with Crippen molar-refractivity contribution in [3.63, 3.8) is 0 Å². The zero-order valence-electron chi connectivity index (χ0n) is 9.10. The highest BCUT2D eigenvalue weighted by Gasteiger charge is 2.29. The van der Waals surface area contributed by atoms with E-state index in [-0.39, 0.29) is 17.4 Å². The number of hydrogen-bond acceptors (Lipinski definition) is 3. The van der Waals surface area contributed by atoms with Gasteiger partial charge in [-0.1, -0.05) is 6.92 Å². The molecule has 2 unspecified atom stereocenters. The van der Waals surface area contributed by atoms with Gasteiger partial charge in [-0.25, -0.2) is 0 Å². The van der Waals surface area contributed by atoms with Crippen molar-refractivity contribution in [3.8, 4) is 0 Å². The van der Waals surface area contributed by atoms with Gasteiger partial charge >= 0.3 is 5.97 Å². The van der Waals surface area contributed by atoms with Gasteiger partial charge in [-0.15, -0.1) is 11.8 Å². The number of thioether (sulfide) groups is 1. The van der Waals surface area contributed by atoms with E-state index in [1.54, 1.807) is 0 Å². The van der Waals surface area contributed by atoms with Gasteiger partial charge in [-0.3, -0.25) is 9.59 Å². The highest BCUT2D eigenvalue weighted by molar-refractivity contribution is 8.00. The van der Waals surface area contributed by atoms with Crippen LogP contribution >= 0.6 is 11.8 Å². The Balaban J connectivity index is 2.31. The standard InChI is InChI=1S/C10H17NO3S/c1-7-3-8(2)11(4-7)9(12)5-15-6-10(13)14/h7-8H,3-6H2,1-2H3,(H,13,14). The quantitative estimate of drug-likeness (QED) is 0.786. The Morgan fingerprint density at radius 2 is 2.07 bits per heavy atom. The zero-order chi connectivity index (χ0) is 11.4. The first-order valence-electron chi connectivity index (χ1n) is 5.09. The summed E-state index contributed by atoms with van der Waals surface area (Å²) >= 11 is 1.17. The first kappa shape index (κ1) is 12.4. The number of carbonyl (C=O) groups is 2. The second-order valence-corrected chi connectivity index (χ2v) is 5.11. The fourth-order valence-corrected chi connectivity index (χ4v) is 2.57. The normalized spacial score (nSPS) is 25.6. The number of rotatable bonds is 4. The van der Waals surface area contributed by atoms with Gasteiger partial charge in [0.05, 0.1) is 11.5 Å². The Hall–Kier alpha value is -0.710. The van der Waals surface area contributed by atoms with Crippen molar-refractivity contribution in [1.29, 1.82) is 0 Å². The van der Waals surface area contributed by atoms with E-state index in [2.05, 4.69) is 6.92 Å². The third-order valence-corrected chi connectivity index (χ3v) is 3.46. The van der Waals surface area contributed by atoms with Crippen molar-refractivity contribution < 1.29 is 14.7 Å². The number of nitrogens with zero attached hydrogens (tertiary/aromatic N) is 1. The van der Waals surface area contributed by atoms with E-state index >= 15 is 0 Å². The molecule has 0 aromatic heterocycles. The fraction of sp³-hybridized carbons (Fsp3) is 0.800. The van der Waals surface area contributed by atoms with Crippen LogP contribution in [-0.2, 0) is 9.59 Å². The highest BCUT2D eigenvalue weighted by atomic mass is 32.2. The van der Waals surface area contributed by atoms with Crippen LogP contribution < -0.4 is 0 Å². The Morgan fingerprint density at radius 3 is 2.53 bits per heavy atom. The van der Waals surface area contributed by atoms with Crippen LogP contribution in [-0.4, -0.2) is 46.0 Å². The second-order valence-electron chi connectivity index (χ2n) is 4.12. The van der Waals surface area contributed by atoms with Crippen LogP contribution in [0.1, 0.15) is 20.3 Å². The molecule has 0 radical (unpaired) electrons. The van der Waals surface area contributed by atoms with Gasteiger partial charge in [-0.2, -0.15) is 0 Å². The predicted molar refractivity (Wildman–Crippen MR) is 59.9 cm³/mol. The Kier molecular flexibility index (Phi) is 4.45. The number of likely N-dealkylation sites (tertiary alicyclic amines) is 1. The van der Waals surface area contributed by atoms with Crippen LogP contribution in [0, 0.1) is 5.92 Å². The second kappa shape index (κ2) is 5.39.